The van der Waals surface area contributed by atoms with Gasteiger partial charge in [-0.3, -0.25) is 14.3 Å². The molecule has 1 aliphatic rings. The molecule has 20 heavy (non-hydrogen) atoms. The maximum atomic E-state index is 12.1. The van der Waals surface area contributed by atoms with Gasteiger partial charge in [0.25, 0.3) is 5.91 Å². The highest BCUT2D eigenvalue weighted by Gasteiger charge is 2.25. The Kier molecular flexibility index (Phi) is 4.42. The van der Waals surface area contributed by atoms with Crippen LogP contribution < -0.4 is 5.32 Å². The molecule has 2 amide bonds. The van der Waals surface area contributed by atoms with E-state index >= 15 is 0 Å². The number of aromatic nitrogens is 2. The summed E-state index contributed by atoms with van der Waals surface area (Å²) < 4.78 is 1.49. The lowest BCUT2D eigenvalue weighted by Gasteiger charge is -2.35. The molecule has 1 aliphatic heterocycles. The van der Waals surface area contributed by atoms with Crippen LogP contribution >= 0.6 is 0 Å². The number of nitrogens with one attached hydrogen (secondary N) is 1. The second kappa shape index (κ2) is 6.07. The maximum absolute atomic E-state index is 12.1. The Morgan fingerprint density at radius 3 is 2.55 bits per heavy atom. The highest BCUT2D eigenvalue weighted by atomic mass is 16.2. The van der Waals surface area contributed by atoms with Gasteiger partial charge in [-0.2, -0.15) is 5.10 Å². The molecule has 1 aromatic heterocycles. The summed E-state index contributed by atoms with van der Waals surface area (Å²) in [7, 11) is 1.70. The molecule has 1 saturated heterocycles. The van der Waals surface area contributed by atoms with Gasteiger partial charge in [-0.25, -0.2) is 0 Å². The lowest BCUT2D eigenvalue weighted by Crippen LogP contribution is -2.47. The van der Waals surface area contributed by atoms with E-state index in [1.165, 1.54) is 4.68 Å². The van der Waals surface area contributed by atoms with Crippen molar-refractivity contribution in [2.45, 2.75) is 20.3 Å². The van der Waals surface area contributed by atoms with E-state index < -0.39 is 0 Å². The van der Waals surface area contributed by atoms with Crippen LogP contribution in [0.1, 0.15) is 30.8 Å². The van der Waals surface area contributed by atoms with Crippen molar-refractivity contribution >= 4 is 11.8 Å². The predicted octanol–water partition coefficient (Wildman–Crippen LogP) is 0.654. The van der Waals surface area contributed by atoms with E-state index in [4.69, 9.17) is 0 Å². The average Bonchev–Trinajstić information content (AvgIpc) is 2.80. The molecule has 0 saturated carbocycles. The van der Waals surface area contributed by atoms with E-state index in [0.717, 1.165) is 19.5 Å². The van der Waals surface area contributed by atoms with Gasteiger partial charge >= 0.3 is 0 Å². The van der Waals surface area contributed by atoms with Gasteiger partial charge in [-0.15, -0.1) is 0 Å². The summed E-state index contributed by atoms with van der Waals surface area (Å²) in [5.74, 6) is 0.765. The van der Waals surface area contributed by atoms with Crippen LogP contribution in [0.2, 0.25) is 0 Å². The number of piperidine rings is 1. The molecule has 2 atom stereocenters. The van der Waals surface area contributed by atoms with Crippen LogP contribution in [0.3, 0.4) is 0 Å². The van der Waals surface area contributed by atoms with Crippen LogP contribution in [0.5, 0.6) is 0 Å². The van der Waals surface area contributed by atoms with Gasteiger partial charge < -0.3 is 10.2 Å². The van der Waals surface area contributed by atoms with Crippen molar-refractivity contribution in [2.75, 3.05) is 19.6 Å². The maximum Gasteiger partial charge on any atom is 0.269 e. The molecule has 0 spiro atoms. The molecule has 2 unspecified atom stereocenters. The zero-order chi connectivity index (χ0) is 14.7. The Morgan fingerprint density at radius 2 is 2.00 bits per heavy atom. The number of amides is 2. The Hall–Kier alpha value is -1.85. The average molecular weight is 278 g/mol. The van der Waals surface area contributed by atoms with Crippen LogP contribution in [0, 0.1) is 11.8 Å². The fourth-order valence-corrected chi connectivity index (χ4v) is 2.82. The zero-order valence-corrected chi connectivity index (χ0v) is 12.3. The Balaban J connectivity index is 1.86. The van der Waals surface area contributed by atoms with Crippen molar-refractivity contribution < 1.29 is 9.59 Å². The molecule has 2 rings (SSSR count). The number of carbonyl (C=O) groups excluding carboxylic acids is 2. The lowest BCUT2D eigenvalue weighted by molar-refractivity contribution is -0.132. The minimum atomic E-state index is -0.267. The van der Waals surface area contributed by atoms with Crippen LogP contribution in [0.4, 0.5) is 0 Å². The molecule has 1 fully saturated rings. The van der Waals surface area contributed by atoms with Crippen molar-refractivity contribution in [3.63, 3.8) is 0 Å². The van der Waals surface area contributed by atoms with Gasteiger partial charge in [0.1, 0.15) is 5.69 Å². The van der Waals surface area contributed by atoms with E-state index in [1.807, 2.05) is 4.90 Å². The Bertz CT molecular complexity index is 487. The third-order valence-electron chi connectivity index (χ3n) is 3.68. The highest BCUT2D eigenvalue weighted by molar-refractivity contribution is 5.95. The molecule has 1 N–H and O–H groups in total. The number of hydrogen-bond donors (Lipinski definition) is 1. The van der Waals surface area contributed by atoms with E-state index in [-0.39, 0.29) is 18.4 Å². The summed E-state index contributed by atoms with van der Waals surface area (Å²) in [4.78, 5) is 25.9. The minimum Gasteiger partial charge on any atom is -0.342 e. The minimum absolute atomic E-state index is 0.0149. The number of aryl methyl sites for hydroxylation is 1. The normalized spacial score (nSPS) is 22.6. The molecule has 2 heterocycles. The van der Waals surface area contributed by atoms with Gasteiger partial charge in [-0.05, 0) is 24.3 Å². The Morgan fingerprint density at radius 1 is 1.35 bits per heavy atom. The van der Waals surface area contributed by atoms with E-state index in [2.05, 4.69) is 24.3 Å². The third kappa shape index (κ3) is 3.37. The summed E-state index contributed by atoms with van der Waals surface area (Å²) in [6.07, 6.45) is 2.72. The molecule has 6 heteroatoms. The van der Waals surface area contributed by atoms with Crippen LogP contribution in [0.15, 0.2) is 12.3 Å². The van der Waals surface area contributed by atoms with E-state index in [9.17, 15) is 9.59 Å². The molecule has 0 radical (unpaired) electrons. The van der Waals surface area contributed by atoms with Crippen molar-refractivity contribution in [1.29, 1.82) is 0 Å². The topological polar surface area (TPSA) is 67.2 Å². The standard InChI is InChI=1S/C14H22N4O2/c1-10-6-11(2)9-18(8-10)13(19)7-15-14(20)12-4-5-16-17(12)3/h4-5,10-11H,6-9H2,1-3H3,(H,15,20). The van der Waals surface area contributed by atoms with Crippen LogP contribution in [0.25, 0.3) is 0 Å². The highest BCUT2D eigenvalue weighted by Crippen LogP contribution is 2.20. The van der Waals surface area contributed by atoms with E-state index in [1.54, 1.807) is 19.3 Å². The fraction of sp³-hybridized carbons (Fsp3) is 0.643. The number of nitrogens with zero attached hydrogens (tertiary/aromatic N) is 3. The predicted molar refractivity (Wildman–Crippen MR) is 75.1 cm³/mol. The van der Waals surface area contributed by atoms with Crippen molar-refractivity contribution in [3.05, 3.63) is 18.0 Å². The van der Waals surface area contributed by atoms with E-state index in [0.29, 0.717) is 17.5 Å². The Labute approximate surface area is 119 Å². The first-order valence-corrected chi connectivity index (χ1v) is 7.01. The zero-order valence-electron chi connectivity index (χ0n) is 12.3. The largest absolute Gasteiger partial charge is 0.342 e. The molecule has 6 nitrogen and oxygen atoms in total. The summed E-state index contributed by atoms with van der Waals surface area (Å²) in [6.45, 7) is 5.92. The monoisotopic (exact) mass is 278 g/mol. The number of likely N-dealkylation sites (tertiary alicyclic amines) is 1. The first-order valence-electron chi connectivity index (χ1n) is 7.01. The second-order valence-electron chi connectivity index (χ2n) is 5.77. The van der Waals surface area contributed by atoms with Gasteiger partial charge in [0, 0.05) is 26.3 Å². The van der Waals surface area contributed by atoms with Gasteiger partial charge in [0.2, 0.25) is 5.91 Å². The van der Waals surface area contributed by atoms with Crippen molar-refractivity contribution in [1.82, 2.24) is 20.0 Å². The fourth-order valence-electron chi connectivity index (χ4n) is 2.82. The molecular formula is C14H22N4O2. The molecule has 1 aromatic rings. The van der Waals surface area contributed by atoms with Gasteiger partial charge in [0.15, 0.2) is 0 Å². The number of rotatable bonds is 3. The first-order chi connectivity index (χ1) is 9.47. The molecule has 0 bridgehead atoms. The summed E-state index contributed by atoms with van der Waals surface area (Å²) >= 11 is 0. The van der Waals surface area contributed by atoms with Gasteiger partial charge in [0.05, 0.1) is 6.54 Å². The smallest absolute Gasteiger partial charge is 0.269 e. The number of hydrogen-bond acceptors (Lipinski definition) is 3. The summed E-state index contributed by atoms with van der Waals surface area (Å²) in [6, 6.07) is 1.63. The molecule has 0 aliphatic carbocycles. The first kappa shape index (κ1) is 14.6. The van der Waals surface area contributed by atoms with Crippen LogP contribution in [-0.4, -0.2) is 46.1 Å². The SMILES string of the molecule is CC1CC(C)CN(C(=O)CNC(=O)c2ccnn2C)C1. The molecule has 0 aromatic carbocycles. The van der Waals surface area contributed by atoms with Gasteiger partial charge in [-0.1, -0.05) is 13.8 Å². The number of carbonyl (C=O) groups is 2. The lowest BCUT2D eigenvalue weighted by atomic mass is 9.92. The molecule has 110 valence electrons. The summed E-state index contributed by atoms with van der Waals surface area (Å²) in [5, 5.41) is 6.60. The summed E-state index contributed by atoms with van der Waals surface area (Å²) in [5.41, 5.74) is 0.457. The quantitative estimate of drug-likeness (QED) is 0.883. The third-order valence-corrected chi connectivity index (χ3v) is 3.68. The van der Waals surface area contributed by atoms with Crippen molar-refractivity contribution in [2.24, 2.45) is 18.9 Å². The van der Waals surface area contributed by atoms with Crippen LogP contribution in [-0.2, 0) is 11.8 Å². The van der Waals surface area contributed by atoms with Crippen molar-refractivity contribution in [3.8, 4) is 0 Å². The second-order valence-corrected chi connectivity index (χ2v) is 5.77. The molecular weight excluding hydrogens is 256 g/mol.